The van der Waals surface area contributed by atoms with Gasteiger partial charge < -0.3 is 9.84 Å². The molecule has 1 aliphatic carbocycles. The van der Waals surface area contributed by atoms with E-state index in [0.717, 1.165) is 0 Å². The first kappa shape index (κ1) is 22.7. The maximum atomic E-state index is 9.82. The van der Waals surface area contributed by atoms with Gasteiger partial charge in [0.15, 0.2) is 0 Å². The molecule has 1 aliphatic rings. The zero-order chi connectivity index (χ0) is 14.6. The summed E-state index contributed by atoms with van der Waals surface area (Å²) in [5.74, 6) is -0.211. The number of carbonyl (C=O) groups excluding carboxylic acids is 1. The summed E-state index contributed by atoms with van der Waals surface area (Å²) in [6.07, 6.45) is 9.00. The third-order valence-corrected chi connectivity index (χ3v) is 1.85. The second-order valence-electron chi connectivity index (χ2n) is 3.25. The fourth-order valence-corrected chi connectivity index (χ4v) is 1.26. The molecular formula is C12H24Cl2O4. The van der Waals surface area contributed by atoms with E-state index in [4.69, 9.17) is 33.1 Å². The monoisotopic (exact) mass is 302 g/mol. The molecule has 0 amide bonds. The summed E-state index contributed by atoms with van der Waals surface area (Å²) >= 11 is 9.53. The van der Waals surface area contributed by atoms with Gasteiger partial charge in [0.2, 0.25) is 0 Å². The Balaban J connectivity index is -0.000000177. The minimum Gasteiger partial charge on any atom is -0.483 e. The zero-order valence-corrected chi connectivity index (χ0v) is 12.7. The third kappa shape index (κ3) is 45.1. The number of carboxylic acid groups (broad SMARTS) is 1. The van der Waals surface area contributed by atoms with Crippen molar-refractivity contribution in [1.82, 2.24) is 0 Å². The number of rotatable bonds is 1. The predicted octanol–water partition coefficient (Wildman–Crippen LogP) is 4.03. The normalized spacial score (nSPS) is 12.2. The van der Waals surface area contributed by atoms with Crippen LogP contribution in [0.2, 0.25) is 0 Å². The quantitative estimate of drug-likeness (QED) is 0.451. The summed E-state index contributed by atoms with van der Waals surface area (Å²) in [6.45, 7) is 3.40. The van der Waals surface area contributed by atoms with Gasteiger partial charge in [0, 0.05) is 6.92 Å². The highest BCUT2D eigenvalue weighted by molar-refractivity contribution is 6.40. The highest BCUT2D eigenvalue weighted by Crippen LogP contribution is 2.15. The van der Waals surface area contributed by atoms with E-state index in [0.29, 0.717) is 6.61 Å². The van der Waals surface area contributed by atoms with Crippen molar-refractivity contribution in [2.45, 2.75) is 52.4 Å². The number of hydrogen-bond donors (Lipinski definition) is 1. The number of ether oxygens (including phenoxy) is 1. The van der Waals surface area contributed by atoms with Crippen LogP contribution < -0.4 is 0 Å². The molecule has 4 nitrogen and oxygen atoms in total. The molecule has 0 bridgehead atoms. The molecule has 0 aromatic rings. The van der Waals surface area contributed by atoms with Crippen molar-refractivity contribution in [1.29, 1.82) is 0 Å². The molecule has 0 spiro atoms. The molecule has 0 saturated heterocycles. The van der Waals surface area contributed by atoms with Crippen LogP contribution in [0.4, 0.5) is 0 Å². The van der Waals surface area contributed by atoms with Crippen LogP contribution >= 0.6 is 23.2 Å². The maximum absolute atomic E-state index is 9.82. The fraction of sp³-hybridized carbons (Fsp3) is 0.833. The van der Waals surface area contributed by atoms with E-state index in [-0.39, 0.29) is 17.8 Å². The summed E-state index contributed by atoms with van der Waals surface area (Å²) in [7, 11) is 0. The van der Waals surface area contributed by atoms with Crippen LogP contribution in [0.15, 0.2) is 0 Å². The predicted molar refractivity (Wildman–Crippen MR) is 75.3 cm³/mol. The van der Waals surface area contributed by atoms with Gasteiger partial charge in [-0.15, -0.1) is 23.2 Å². The molecule has 6 heteroatoms. The van der Waals surface area contributed by atoms with E-state index in [1.807, 2.05) is 0 Å². The number of esters is 1. The molecule has 0 aromatic carbocycles. The van der Waals surface area contributed by atoms with Gasteiger partial charge in [-0.05, 0) is 6.92 Å². The number of hydrogen-bond acceptors (Lipinski definition) is 3. The van der Waals surface area contributed by atoms with Gasteiger partial charge in [0.1, 0.15) is 0 Å². The Bertz CT molecular complexity index is 151. The van der Waals surface area contributed by atoms with Crippen molar-refractivity contribution in [3.05, 3.63) is 0 Å². The fourth-order valence-electron chi connectivity index (χ4n) is 1.26. The van der Waals surface area contributed by atoms with E-state index >= 15 is 0 Å². The molecule has 0 atom stereocenters. The van der Waals surface area contributed by atoms with Gasteiger partial charge in [-0.2, -0.15) is 0 Å². The molecule has 1 saturated carbocycles. The van der Waals surface area contributed by atoms with E-state index < -0.39 is 0 Å². The van der Waals surface area contributed by atoms with Crippen molar-refractivity contribution in [2.24, 2.45) is 0 Å². The van der Waals surface area contributed by atoms with Crippen molar-refractivity contribution >= 4 is 35.6 Å². The molecule has 0 aromatic heterocycles. The Hall–Kier alpha value is -0.480. The van der Waals surface area contributed by atoms with Gasteiger partial charge >= 0.3 is 5.97 Å². The van der Waals surface area contributed by atoms with Crippen molar-refractivity contribution in [2.75, 3.05) is 11.9 Å². The first-order chi connectivity index (χ1) is 8.60. The first-order valence-corrected chi connectivity index (χ1v) is 7.00. The Morgan fingerprint density at radius 3 is 1.44 bits per heavy atom. The smallest absolute Gasteiger partial charge is 0.302 e. The minimum absolute atomic E-state index is 0.194. The van der Waals surface area contributed by atoms with E-state index in [1.165, 1.54) is 45.4 Å². The lowest BCUT2D eigenvalue weighted by Crippen LogP contribution is -1.95. The van der Waals surface area contributed by atoms with Crippen LogP contribution in [0, 0.1) is 0 Å². The molecule has 0 aliphatic heterocycles. The van der Waals surface area contributed by atoms with Crippen molar-refractivity contribution in [3.8, 4) is 0 Å². The summed E-state index contributed by atoms with van der Waals surface area (Å²) in [6, 6.07) is 0. The Morgan fingerprint density at radius 2 is 1.39 bits per heavy atom. The average molecular weight is 303 g/mol. The lowest BCUT2D eigenvalue weighted by Gasteiger charge is -2.05. The summed E-state index contributed by atoms with van der Waals surface area (Å²) in [5.41, 5.74) is 0. The number of halogens is 2. The van der Waals surface area contributed by atoms with Gasteiger partial charge in [-0.1, -0.05) is 38.5 Å². The maximum Gasteiger partial charge on any atom is 0.302 e. The lowest BCUT2D eigenvalue weighted by atomic mass is 10.0. The molecule has 0 unspecified atom stereocenters. The van der Waals surface area contributed by atoms with Crippen molar-refractivity contribution in [3.63, 3.8) is 0 Å². The molecular weight excluding hydrogens is 279 g/mol. The molecule has 0 radical (unpaired) electrons. The molecule has 110 valence electrons. The SMILES string of the molecule is C1CCCCC1.CCOC(C)=O.ClCCl.O=CO. The second kappa shape index (κ2) is 25.4. The van der Waals surface area contributed by atoms with Crippen LogP contribution in [0.1, 0.15) is 52.4 Å². The van der Waals surface area contributed by atoms with E-state index in [9.17, 15) is 4.79 Å². The molecule has 18 heavy (non-hydrogen) atoms. The molecule has 1 fully saturated rings. The summed E-state index contributed by atoms with van der Waals surface area (Å²) in [5, 5.41) is 7.08. The zero-order valence-electron chi connectivity index (χ0n) is 11.2. The Labute approximate surface area is 120 Å². The molecule has 0 heterocycles. The largest absolute Gasteiger partial charge is 0.483 e. The highest BCUT2D eigenvalue weighted by Gasteiger charge is 1.95. The van der Waals surface area contributed by atoms with Crippen LogP contribution in [0.5, 0.6) is 0 Å². The Kier molecular flexibility index (Phi) is 32.0. The van der Waals surface area contributed by atoms with Gasteiger partial charge in [0.05, 0.1) is 11.9 Å². The lowest BCUT2D eigenvalue weighted by molar-refractivity contribution is -0.140. The standard InChI is InChI=1S/C6H12.C4H8O2.CH2Cl2.CH2O2/c1-2-4-6-5-3-1;1-3-6-4(2)5;2*2-1-3/h1-6H2;3H2,1-2H3;1H2;1H,(H,2,3). The van der Waals surface area contributed by atoms with Gasteiger partial charge in [-0.25, -0.2) is 0 Å². The second-order valence-corrected chi connectivity index (χ2v) is 4.06. The first-order valence-electron chi connectivity index (χ1n) is 5.93. The molecule has 1 rings (SSSR count). The topological polar surface area (TPSA) is 63.6 Å². The van der Waals surface area contributed by atoms with Crippen molar-refractivity contribution < 1.29 is 19.4 Å². The third-order valence-electron chi connectivity index (χ3n) is 1.85. The average Bonchev–Trinajstić information content (AvgIpc) is 2.34. The van der Waals surface area contributed by atoms with Crippen LogP contribution in [0.25, 0.3) is 0 Å². The number of carbonyl (C=O) groups is 2. The van der Waals surface area contributed by atoms with Crippen LogP contribution in [0.3, 0.4) is 0 Å². The van der Waals surface area contributed by atoms with Gasteiger partial charge in [-0.3, -0.25) is 9.59 Å². The van der Waals surface area contributed by atoms with E-state index in [1.54, 1.807) is 6.92 Å². The minimum atomic E-state index is -0.250. The molecule has 1 N–H and O–H groups in total. The number of alkyl halides is 2. The highest BCUT2D eigenvalue weighted by atomic mass is 35.5. The van der Waals surface area contributed by atoms with E-state index in [2.05, 4.69) is 4.74 Å². The summed E-state index contributed by atoms with van der Waals surface area (Å²) < 4.78 is 4.40. The van der Waals surface area contributed by atoms with Crippen LogP contribution in [-0.4, -0.2) is 29.5 Å². The van der Waals surface area contributed by atoms with Gasteiger partial charge in [0.25, 0.3) is 6.47 Å². The summed E-state index contributed by atoms with van der Waals surface area (Å²) in [4.78, 5) is 18.2. The Morgan fingerprint density at radius 1 is 1.17 bits per heavy atom. The van der Waals surface area contributed by atoms with Crippen LogP contribution in [-0.2, 0) is 14.3 Å².